The van der Waals surface area contributed by atoms with Gasteiger partial charge in [-0.2, -0.15) is 4.98 Å². The zero-order valence-electron chi connectivity index (χ0n) is 15.7. The van der Waals surface area contributed by atoms with Crippen molar-refractivity contribution in [1.29, 1.82) is 0 Å². The lowest BCUT2D eigenvalue weighted by atomic mass is 9.91. The zero-order valence-corrected chi connectivity index (χ0v) is 15.7. The lowest BCUT2D eigenvalue weighted by Crippen LogP contribution is -2.43. The molecule has 0 radical (unpaired) electrons. The van der Waals surface area contributed by atoms with E-state index in [0.29, 0.717) is 11.4 Å². The summed E-state index contributed by atoms with van der Waals surface area (Å²) in [6.45, 7) is 0. The molecule has 1 heterocycles. The molecule has 1 saturated carbocycles. The van der Waals surface area contributed by atoms with Crippen LogP contribution in [0.4, 0.5) is 23.1 Å². The number of anilines is 4. The van der Waals surface area contributed by atoms with Crippen molar-refractivity contribution in [1.82, 2.24) is 15.2 Å². The molecule has 10 nitrogen and oxygen atoms in total. The van der Waals surface area contributed by atoms with Gasteiger partial charge in [0.2, 0.25) is 5.95 Å². The highest BCUT2D eigenvalue weighted by Crippen LogP contribution is 2.24. The van der Waals surface area contributed by atoms with E-state index in [1.54, 1.807) is 25.4 Å². The maximum Gasteiger partial charge on any atom is 0.273 e. The third-order valence-electron chi connectivity index (χ3n) is 4.67. The largest absolute Gasteiger partial charge is 0.398 e. The molecular weight excluding hydrogens is 358 g/mol. The van der Waals surface area contributed by atoms with Gasteiger partial charge in [0.15, 0.2) is 11.5 Å². The molecule has 0 bridgehead atoms. The van der Waals surface area contributed by atoms with Gasteiger partial charge < -0.3 is 27.8 Å². The van der Waals surface area contributed by atoms with Gasteiger partial charge in [0, 0.05) is 42.3 Å². The maximum atomic E-state index is 11.7. The number of nitrogens with one attached hydrogen (secondary N) is 2. The SMILES string of the molecule is CN=Cc1ccc(Nc2nc(N[C@@H]3CCCC[C@@H]3N)nnc2C(N)=O)cc1N. The van der Waals surface area contributed by atoms with Crippen LogP contribution in [0.25, 0.3) is 0 Å². The highest BCUT2D eigenvalue weighted by molar-refractivity contribution is 5.96. The summed E-state index contributed by atoms with van der Waals surface area (Å²) in [6.07, 6.45) is 5.75. The monoisotopic (exact) mass is 383 g/mol. The summed E-state index contributed by atoms with van der Waals surface area (Å²) in [5, 5.41) is 14.2. The molecule has 0 spiro atoms. The number of hydrogen-bond donors (Lipinski definition) is 5. The van der Waals surface area contributed by atoms with Crippen LogP contribution in [0.3, 0.4) is 0 Å². The van der Waals surface area contributed by atoms with Crippen LogP contribution in [-0.4, -0.2) is 46.4 Å². The molecule has 1 fully saturated rings. The van der Waals surface area contributed by atoms with Crippen molar-refractivity contribution in [2.45, 2.75) is 37.8 Å². The van der Waals surface area contributed by atoms with Crippen LogP contribution in [0.2, 0.25) is 0 Å². The predicted molar refractivity (Wildman–Crippen MR) is 110 cm³/mol. The first kappa shape index (κ1) is 19.5. The molecule has 8 N–H and O–H groups in total. The number of aromatic nitrogens is 3. The van der Waals surface area contributed by atoms with Crippen molar-refractivity contribution in [3.8, 4) is 0 Å². The van der Waals surface area contributed by atoms with E-state index in [9.17, 15) is 4.79 Å². The van der Waals surface area contributed by atoms with Gasteiger partial charge in [-0.1, -0.05) is 12.8 Å². The first-order valence-electron chi connectivity index (χ1n) is 9.13. The van der Waals surface area contributed by atoms with Gasteiger partial charge in [-0.25, -0.2) is 0 Å². The Hall–Kier alpha value is -3.27. The number of amides is 1. The van der Waals surface area contributed by atoms with Gasteiger partial charge in [-0.3, -0.25) is 9.79 Å². The number of aliphatic imine (C=N–C) groups is 1. The normalized spacial score (nSPS) is 19.5. The summed E-state index contributed by atoms with van der Waals surface area (Å²) in [6, 6.07) is 5.41. The molecule has 1 aliphatic carbocycles. The molecule has 0 saturated heterocycles. The molecule has 1 aliphatic rings. The van der Waals surface area contributed by atoms with E-state index in [-0.39, 0.29) is 29.5 Å². The fourth-order valence-electron chi connectivity index (χ4n) is 3.19. The molecule has 2 atom stereocenters. The second-order valence-corrected chi connectivity index (χ2v) is 6.75. The quantitative estimate of drug-likeness (QED) is 0.363. The predicted octanol–water partition coefficient (Wildman–Crippen LogP) is 1.03. The second-order valence-electron chi connectivity index (χ2n) is 6.75. The highest BCUT2D eigenvalue weighted by Gasteiger charge is 2.23. The van der Waals surface area contributed by atoms with E-state index in [1.165, 1.54) is 0 Å². The number of rotatable bonds is 6. The van der Waals surface area contributed by atoms with Crippen molar-refractivity contribution in [2.24, 2.45) is 16.5 Å². The van der Waals surface area contributed by atoms with Gasteiger partial charge in [0.25, 0.3) is 5.91 Å². The average molecular weight is 383 g/mol. The van der Waals surface area contributed by atoms with Crippen molar-refractivity contribution in [3.63, 3.8) is 0 Å². The number of nitrogens with two attached hydrogens (primary N) is 3. The lowest BCUT2D eigenvalue weighted by Gasteiger charge is -2.29. The molecule has 148 valence electrons. The van der Waals surface area contributed by atoms with E-state index in [0.717, 1.165) is 31.2 Å². The Morgan fingerprint density at radius 1 is 1.29 bits per heavy atom. The van der Waals surface area contributed by atoms with Crippen LogP contribution < -0.4 is 27.8 Å². The number of hydrogen-bond acceptors (Lipinski definition) is 9. The molecule has 0 unspecified atom stereocenters. The Kier molecular flexibility index (Phi) is 5.99. The van der Waals surface area contributed by atoms with Crippen molar-refractivity contribution < 1.29 is 4.79 Å². The average Bonchev–Trinajstić information content (AvgIpc) is 2.66. The molecule has 1 amide bonds. The van der Waals surface area contributed by atoms with Gasteiger partial charge in [0.05, 0.1) is 0 Å². The van der Waals surface area contributed by atoms with Gasteiger partial charge in [0.1, 0.15) is 0 Å². The molecule has 10 heteroatoms. The number of carbonyl (C=O) groups excluding carboxylic acids is 1. The molecule has 0 aliphatic heterocycles. The third kappa shape index (κ3) is 4.52. The van der Waals surface area contributed by atoms with Gasteiger partial charge in [-0.15, -0.1) is 10.2 Å². The number of nitrogen functional groups attached to an aromatic ring is 1. The number of benzene rings is 1. The molecule has 3 rings (SSSR count). The van der Waals surface area contributed by atoms with Crippen LogP contribution >= 0.6 is 0 Å². The summed E-state index contributed by atoms with van der Waals surface area (Å²) >= 11 is 0. The highest BCUT2D eigenvalue weighted by atomic mass is 16.1. The minimum absolute atomic E-state index is 0.0251. The topological polar surface area (TPSA) is 170 Å². The smallest absolute Gasteiger partial charge is 0.273 e. The minimum atomic E-state index is -0.730. The summed E-state index contributed by atoms with van der Waals surface area (Å²) in [5.74, 6) is -0.241. The fourth-order valence-corrected chi connectivity index (χ4v) is 3.19. The van der Waals surface area contributed by atoms with E-state index in [4.69, 9.17) is 17.2 Å². The second kappa shape index (κ2) is 8.61. The van der Waals surface area contributed by atoms with Gasteiger partial charge >= 0.3 is 0 Å². The summed E-state index contributed by atoms with van der Waals surface area (Å²) in [5.41, 5.74) is 19.5. The van der Waals surface area contributed by atoms with Crippen LogP contribution in [0, 0.1) is 0 Å². The van der Waals surface area contributed by atoms with Crippen LogP contribution in [0.15, 0.2) is 23.2 Å². The van der Waals surface area contributed by atoms with E-state index in [1.807, 2.05) is 6.07 Å². The molecule has 1 aromatic heterocycles. The molecular formula is C18H25N9O. The Morgan fingerprint density at radius 2 is 2.07 bits per heavy atom. The third-order valence-corrected chi connectivity index (χ3v) is 4.67. The van der Waals surface area contributed by atoms with E-state index < -0.39 is 5.91 Å². The lowest BCUT2D eigenvalue weighted by molar-refractivity contribution is 0.0995. The Morgan fingerprint density at radius 3 is 2.75 bits per heavy atom. The van der Waals surface area contributed by atoms with Crippen LogP contribution in [-0.2, 0) is 0 Å². The number of carbonyl (C=O) groups is 1. The number of nitrogens with zero attached hydrogens (tertiary/aromatic N) is 4. The standard InChI is InChI=1S/C18H25N9O/c1-22-9-10-6-7-11(8-13(10)20)23-17-15(16(21)28)26-27-18(25-17)24-14-5-3-2-4-12(14)19/h6-9,12,14H,2-5,19-20H2,1H3,(H2,21,28)(H2,23,24,25,27)/t12-,14+/m0/s1. The Labute approximate surface area is 163 Å². The van der Waals surface area contributed by atoms with Crippen molar-refractivity contribution in [2.75, 3.05) is 23.4 Å². The number of primary amides is 1. The fraction of sp³-hybridized carbons (Fsp3) is 0.389. The van der Waals surface area contributed by atoms with E-state index in [2.05, 4.69) is 30.8 Å². The maximum absolute atomic E-state index is 11.7. The molecule has 28 heavy (non-hydrogen) atoms. The zero-order chi connectivity index (χ0) is 20.1. The van der Waals surface area contributed by atoms with Crippen molar-refractivity contribution >= 4 is 35.3 Å². The molecule has 2 aromatic rings. The Bertz CT molecular complexity index is 883. The minimum Gasteiger partial charge on any atom is -0.398 e. The summed E-state index contributed by atoms with van der Waals surface area (Å²) in [7, 11) is 1.67. The van der Waals surface area contributed by atoms with Crippen molar-refractivity contribution in [3.05, 3.63) is 29.5 Å². The first-order valence-corrected chi connectivity index (χ1v) is 9.13. The first-order chi connectivity index (χ1) is 13.5. The Balaban J connectivity index is 1.85. The summed E-state index contributed by atoms with van der Waals surface area (Å²) in [4.78, 5) is 20.1. The van der Waals surface area contributed by atoms with Crippen LogP contribution in [0.5, 0.6) is 0 Å². The van der Waals surface area contributed by atoms with E-state index >= 15 is 0 Å². The van der Waals surface area contributed by atoms with Crippen LogP contribution in [0.1, 0.15) is 41.7 Å². The summed E-state index contributed by atoms with van der Waals surface area (Å²) < 4.78 is 0. The molecule has 1 aromatic carbocycles. The van der Waals surface area contributed by atoms with Gasteiger partial charge in [-0.05, 0) is 31.0 Å².